The van der Waals surface area contributed by atoms with E-state index in [0.29, 0.717) is 17.1 Å². The molecule has 1 aliphatic heterocycles. The van der Waals surface area contributed by atoms with Crippen LogP contribution >= 0.6 is 11.6 Å². The lowest BCUT2D eigenvalue weighted by molar-refractivity contribution is -0.138. The number of hydrogen-bond donors (Lipinski definition) is 3. The first-order valence-corrected chi connectivity index (χ1v) is 7.98. The topological polar surface area (TPSA) is 99.8 Å². The molecule has 0 aliphatic carbocycles. The number of imide groups is 1. The number of carbonyl (C=O) groups is 3. The van der Waals surface area contributed by atoms with Gasteiger partial charge in [-0.1, -0.05) is 18.5 Å². The number of hydrazine groups is 1. The van der Waals surface area contributed by atoms with Crippen LogP contribution in [0, 0.1) is 0 Å². The second-order valence-corrected chi connectivity index (χ2v) is 6.08. The van der Waals surface area contributed by atoms with Gasteiger partial charge in [-0.25, -0.2) is 4.79 Å². The first-order chi connectivity index (χ1) is 12.2. The number of amides is 4. The number of rotatable bonds is 7. The molecule has 1 heterocycles. The van der Waals surface area contributed by atoms with Crippen LogP contribution in [0.1, 0.15) is 20.3 Å². The summed E-state index contributed by atoms with van der Waals surface area (Å²) in [6, 6.07) is 3.19. The maximum atomic E-state index is 12.2. The van der Waals surface area contributed by atoms with Crippen LogP contribution in [0.25, 0.3) is 0 Å². The summed E-state index contributed by atoms with van der Waals surface area (Å²) in [5.41, 5.74) is 1.50. The fourth-order valence-corrected chi connectivity index (χ4v) is 2.40. The van der Waals surface area contributed by atoms with Crippen molar-refractivity contribution in [3.05, 3.63) is 23.2 Å². The SMILES string of the molecule is CCC1(C)NC(=O)N(NC(=O)CNc2ccc(OC(F)F)c(Cl)c2)C1=O. The van der Waals surface area contributed by atoms with E-state index in [1.54, 1.807) is 13.8 Å². The Labute approximate surface area is 152 Å². The van der Waals surface area contributed by atoms with Crippen LogP contribution in [0.2, 0.25) is 5.02 Å². The predicted octanol–water partition coefficient (Wildman–Crippen LogP) is 2.10. The number of alkyl halides is 2. The van der Waals surface area contributed by atoms with Crippen LogP contribution in [0.15, 0.2) is 18.2 Å². The average Bonchev–Trinajstić information content (AvgIpc) is 2.79. The fourth-order valence-electron chi connectivity index (χ4n) is 2.17. The second kappa shape index (κ2) is 7.73. The summed E-state index contributed by atoms with van der Waals surface area (Å²) in [4.78, 5) is 35.9. The van der Waals surface area contributed by atoms with Gasteiger partial charge in [0.2, 0.25) is 0 Å². The van der Waals surface area contributed by atoms with Crippen molar-refractivity contribution in [3.63, 3.8) is 0 Å². The number of benzene rings is 1. The van der Waals surface area contributed by atoms with Crippen molar-refractivity contribution >= 4 is 35.1 Å². The summed E-state index contributed by atoms with van der Waals surface area (Å²) in [5, 5.41) is 5.75. The Kier molecular flexibility index (Phi) is 5.86. The van der Waals surface area contributed by atoms with Crippen LogP contribution in [0.3, 0.4) is 0 Å². The van der Waals surface area contributed by atoms with E-state index in [9.17, 15) is 23.2 Å². The number of anilines is 1. The molecule has 0 bridgehead atoms. The van der Waals surface area contributed by atoms with Gasteiger partial charge in [-0.05, 0) is 31.5 Å². The number of hydrogen-bond acceptors (Lipinski definition) is 5. The van der Waals surface area contributed by atoms with Crippen LogP contribution in [-0.4, -0.2) is 41.5 Å². The van der Waals surface area contributed by atoms with E-state index in [-0.39, 0.29) is 17.3 Å². The molecule has 0 aromatic heterocycles. The van der Waals surface area contributed by atoms with Gasteiger partial charge in [0.25, 0.3) is 11.8 Å². The summed E-state index contributed by atoms with van der Waals surface area (Å²) in [5.74, 6) is -1.41. The first-order valence-electron chi connectivity index (χ1n) is 7.60. The third-order valence-electron chi connectivity index (χ3n) is 3.81. The van der Waals surface area contributed by atoms with E-state index in [0.717, 1.165) is 0 Å². The quantitative estimate of drug-likeness (QED) is 0.619. The molecule has 0 saturated carbocycles. The summed E-state index contributed by atoms with van der Waals surface area (Å²) in [7, 11) is 0. The van der Waals surface area contributed by atoms with Crippen molar-refractivity contribution in [1.29, 1.82) is 0 Å². The molecule has 1 aliphatic rings. The van der Waals surface area contributed by atoms with Crippen LogP contribution in [0.4, 0.5) is 19.3 Å². The minimum absolute atomic E-state index is 0.0662. The molecular formula is C15H17ClF2N4O4. The number of nitrogens with one attached hydrogen (secondary N) is 3. The predicted molar refractivity (Wildman–Crippen MR) is 88.8 cm³/mol. The minimum Gasteiger partial charge on any atom is -0.433 e. The normalized spacial score (nSPS) is 19.5. The molecule has 1 atom stereocenters. The molecule has 1 aromatic rings. The third-order valence-corrected chi connectivity index (χ3v) is 4.10. The molecule has 0 radical (unpaired) electrons. The van der Waals surface area contributed by atoms with Gasteiger partial charge in [-0.2, -0.15) is 13.8 Å². The molecule has 1 fully saturated rings. The van der Waals surface area contributed by atoms with Crippen molar-refractivity contribution in [2.75, 3.05) is 11.9 Å². The van der Waals surface area contributed by atoms with Gasteiger partial charge in [0.1, 0.15) is 11.3 Å². The first kappa shape index (κ1) is 19.7. The van der Waals surface area contributed by atoms with E-state index in [2.05, 4.69) is 20.8 Å². The number of urea groups is 1. The van der Waals surface area contributed by atoms with Gasteiger partial charge >= 0.3 is 12.6 Å². The molecule has 3 N–H and O–H groups in total. The lowest BCUT2D eigenvalue weighted by atomic mass is 10.00. The van der Waals surface area contributed by atoms with Gasteiger partial charge in [0, 0.05) is 5.69 Å². The zero-order valence-corrected chi connectivity index (χ0v) is 14.7. The summed E-state index contributed by atoms with van der Waals surface area (Å²) < 4.78 is 28.6. The monoisotopic (exact) mass is 390 g/mol. The maximum Gasteiger partial charge on any atom is 0.387 e. The lowest BCUT2D eigenvalue weighted by Crippen LogP contribution is -2.50. The molecule has 1 unspecified atom stereocenters. The molecule has 11 heteroatoms. The number of ether oxygens (including phenoxy) is 1. The van der Waals surface area contributed by atoms with Crippen molar-refractivity contribution in [2.24, 2.45) is 0 Å². The molecule has 0 spiro atoms. The zero-order valence-electron chi connectivity index (χ0n) is 13.9. The second-order valence-electron chi connectivity index (χ2n) is 5.67. The highest BCUT2D eigenvalue weighted by molar-refractivity contribution is 6.32. The molecule has 142 valence electrons. The van der Waals surface area contributed by atoms with Crippen molar-refractivity contribution in [2.45, 2.75) is 32.4 Å². The van der Waals surface area contributed by atoms with Crippen LogP contribution in [0.5, 0.6) is 5.75 Å². The number of nitrogens with zero attached hydrogens (tertiary/aromatic N) is 1. The van der Waals surface area contributed by atoms with Crippen LogP contribution < -0.4 is 20.8 Å². The van der Waals surface area contributed by atoms with Crippen molar-refractivity contribution in [1.82, 2.24) is 15.8 Å². The molecular weight excluding hydrogens is 374 g/mol. The lowest BCUT2D eigenvalue weighted by Gasteiger charge is -2.19. The van der Waals surface area contributed by atoms with Crippen molar-refractivity contribution < 1.29 is 27.9 Å². The number of carbonyl (C=O) groups excluding carboxylic acids is 3. The van der Waals surface area contributed by atoms with E-state index in [1.165, 1.54) is 18.2 Å². The van der Waals surface area contributed by atoms with Gasteiger partial charge in [-0.15, -0.1) is 0 Å². The van der Waals surface area contributed by atoms with E-state index in [1.807, 2.05) is 0 Å². The molecule has 2 rings (SSSR count). The molecule has 1 aromatic carbocycles. The standard InChI is InChI=1S/C15H17ClF2N4O4/c1-3-15(2)12(24)22(14(25)20-15)21-11(23)7-19-8-4-5-10(9(16)6-8)26-13(17)18/h4-6,13,19H,3,7H2,1-2H3,(H,20,25)(H,21,23). The highest BCUT2D eigenvalue weighted by atomic mass is 35.5. The van der Waals surface area contributed by atoms with Gasteiger partial charge < -0.3 is 15.4 Å². The number of halogens is 3. The van der Waals surface area contributed by atoms with Gasteiger partial charge in [-0.3, -0.25) is 15.0 Å². The highest BCUT2D eigenvalue weighted by Gasteiger charge is 2.47. The third kappa shape index (κ3) is 4.31. The van der Waals surface area contributed by atoms with E-state index < -0.39 is 30.0 Å². The van der Waals surface area contributed by atoms with Gasteiger partial charge in [0.15, 0.2) is 0 Å². The summed E-state index contributed by atoms with van der Waals surface area (Å²) in [6.45, 7) is -0.000474. The van der Waals surface area contributed by atoms with E-state index >= 15 is 0 Å². The summed E-state index contributed by atoms with van der Waals surface area (Å²) >= 11 is 5.81. The Morgan fingerprint density at radius 1 is 1.42 bits per heavy atom. The van der Waals surface area contributed by atoms with Crippen LogP contribution in [-0.2, 0) is 9.59 Å². The molecule has 26 heavy (non-hydrogen) atoms. The minimum atomic E-state index is -3.00. The van der Waals surface area contributed by atoms with Crippen molar-refractivity contribution in [3.8, 4) is 5.75 Å². The smallest absolute Gasteiger partial charge is 0.387 e. The Morgan fingerprint density at radius 2 is 2.12 bits per heavy atom. The maximum absolute atomic E-state index is 12.2. The largest absolute Gasteiger partial charge is 0.433 e. The summed E-state index contributed by atoms with van der Waals surface area (Å²) in [6.07, 6.45) is 0.369. The zero-order chi connectivity index (χ0) is 19.5. The fraction of sp³-hybridized carbons (Fsp3) is 0.400. The van der Waals surface area contributed by atoms with Gasteiger partial charge in [0.05, 0.1) is 11.6 Å². The molecule has 1 saturated heterocycles. The Morgan fingerprint density at radius 3 is 2.65 bits per heavy atom. The Hall–Kier alpha value is -2.62. The molecule has 4 amide bonds. The average molecular weight is 391 g/mol. The van der Waals surface area contributed by atoms with E-state index in [4.69, 9.17) is 11.6 Å². The Bertz CT molecular complexity index is 734. The molecule has 8 nitrogen and oxygen atoms in total. The Balaban J connectivity index is 1.92. The highest BCUT2D eigenvalue weighted by Crippen LogP contribution is 2.28.